The van der Waals surface area contributed by atoms with Crippen LogP contribution >= 0.6 is 0 Å². The van der Waals surface area contributed by atoms with Gasteiger partial charge in [-0.05, 0) is 12.5 Å². The molecule has 1 unspecified atom stereocenters. The largest absolute Gasteiger partial charge is 0.481 e. The van der Waals surface area contributed by atoms with Crippen LogP contribution in [0.15, 0.2) is 0 Å². The Hall–Kier alpha value is -0.570. The molecule has 1 rings (SSSR count). The standard InChI is InChI=1S/C8H15NO2/c1-8(2)5-9(3)4-6(8)7(10)11/h6H,4-5H2,1-3H3,(H,10,11). The molecule has 1 atom stereocenters. The second-order valence-electron chi connectivity index (χ2n) is 4.08. The number of rotatable bonds is 1. The lowest BCUT2D eigenvalue weighted by Gasteiger charge is -2.21. The van der Waals surface area contributed by atoms with Gasteiger partial charge in [0.2, 0.25) is 0 Å². The summed E-state index contributed by atoms with van der Waals surface area (Å²) in [6.45, 7) is 5.58. The maximum Gasteiger partial charge on any atom is 0.308 e. The summed E-state index contributed by atoms with van der Waals surface area (Å²) in [6.07, 6.45) is 0. The third-order valence-electron chi connectivity index (χ3n) is 2.41. The Morgan fingerprint density at radius 3 is 2.36 bits per heavy atom. The SMILES string of the molecule is CN1CC(C(=O)O)C(C)(C)C1. The van der Waals surface area contributed by atoms with E-state index in [9.17, 15) is 4.79 Å². The van der Waals surface area contributed by atoms with Gasteiger partial charge in [0, 0.05) is 13.1 Å². The van der Waals surface area contributed by atoms with Gasteiger partial charge in [0.15, 0.2) is 0 Å². The van der Waals surface area contributed by atoms with Crippen molar-refractivity contribution >= 4 is 5.97 Å². The molecule has 1 N–H and O–H groups in total. The molecule has 1 fully saturated rings. The van der Waals surface area contributed by atoms with Crippen molar-refractivity contribution in [2.45, 2.75) is 13.8 Å². The molecule has 0 aromatic carbocycles. The van der Waals surface area contributed by atoms with Crippen molar-refractivity contribution in [2.75, 3.05) is 20.1 Å². The highest BCUT2D eigenvalue weighted by atomic mass is 16.4. The summed E-state index contributed by atoms with van der Waals surface area (Å²) < 4.78 is 0. The molecule has 1 aliphatic rings. The predicted octanol–water partition coefficient (Wildman–Crippen LogP) is 0.659. The van der Waals surface area contributed by atoms with E-state index >= 15 is 0 Å². The van der Waals surface area contributed by atoms with Gasteiger partial charge in [-0.3, -0.25) is 4.79 Å². The van der Waals surface area contributed by atoms with Gasteiger partial charge in [0.1, 0.15) is 0 Å². The number of carbonyl (C=O) groups is 1. The minimum Gasteiger partial charge on any atom is -0.481 e. The summed E-state index contributed by atoms with van der Waals surface area (Å²) in [6, 6.07) is 0. The van der Waals surface area contributed by atoms with E-state index in [1.54, 1.807) is 0 Å². The lowest BCUT2D eigenvalue weighted by atomic mass is 9.82. The molecule has 0 aromatic rings. The van der Waals surface area contributed by atoms with E-state index in [2.05, 4.69) is 4.90 Å². The molecule has 0 bridgehead atoms. The van der Waals surface area contributed by atoms with Crippen LogP contribution in [0, 0.1) is 11.3 Å². The topological polar surface area (TPSA) is 40.5 Å². The maximum atomic E-state index is 10.7. The molecule has 0 spiro atoms. The number of nitrogens with zero attached hydrogens (tertiary/aromatic N) is 1. The Morgan fingerprint density at radius 1 is 1.64 bits per heavy atom. The van der Waals surface area contributed by atoms with Gasteiger partial charge < -0.3 is 10.0 Å². The predicted molar refractivity (Wildman–Crippen MR) is 42.4 cm³/mol. The minimum atomic E-state index is -0.667. The van der Waals surface area contributed by atoms with Crippen molar-refractivity contribution in [1.29, 1.82) is 0 Å². The summed E-state index contributed by atoms with van der Waals surface area (Å²) in [5.41, 5.74) is -0.0689. The summed E-state index contributed by atoms with van der Waals surface area (Å²) in [5, 5.41) is 8.84. The fourth-order valence-electron chi connectivity index (χ4n) is 1.84. The number of carboxylic acid groups (broad SMARTS) is 1. The van der Waals surface area contributed by atoms with Crippen LogP contribution in [-0.2, 0) is 4.79 Å². The number of likely N-dealkylation sites (tertiary alicyclic amines) is 1. The average molecular weight is 157 g/mol. The third kappa shape index (κ3) is 1.53. The molecule has 3 heteroatoms. The van der Waals surface area contributed by atoms with E-state index < -0.39 is 5.97 Å². The molecule has 3 nitrogen and oxygen atoms in total. The van der Waals surface area contributed by atoms with Gasteiger partial charge in [-0.1, -0.05) is 13.8 Å². The molecule has 1 heterocycles. The van der Waals surface area contributed by atoms with Crippen LogP contribution < -0.4 is 0 Å². The zero-order chi connectivity index (χ0) is 8.65. The molecule has 1 aliphatic heterocycles. The lowest BCUT2D eigenvalue weighted by molar-refractivity contribution is -0.144. The molecule has 1 saturated heterocycles. The second kappa shape index (κ2) is 2.48. The average Bonchev–Trinajstić information content (AvgIpc) is 2.04. The Morgan fingerprint density at radius 2 is 2.18 bits per heavy atom. The molecular formula is C8H15NO2. The second-order valence-corrected chi connectivity index (χ2v) is 4.08. The smallest absolute Gasteiger partial charge is 0.308 e. The van der Waals surface area contributed by atoms with Crippen LogP contribution in [0.4, 0.5) is 0 Å². The molecule has 64 valence electrons. The molecule has 0 saturated carbocycles. The van der Waals surface area contributed by atoms with E-state index in [0.29, 0.717) is 6.54 Å². The highest BCUT2D eigenvalue weighted by Crippen LogP contribution is 2.34. The number of hydrogen-bond donors (Lipinski definition) is 1. The first-order valence-electron chi connectivity index (χ1n) is 3.85. The van der Waals surface area contributed by atoms with E-state index in [4.69, 9.17) is 5.11 Å². The quantitative estimate of drug-likeness (QED) is 0.608. The zero-order valence-corrected chi connectivity index (χ0v) is 7.29. The van der Waals surface area contributed by atoms with Crippen LogP contribution in [0.3, 0.4) is 0 Å². The summed E-state index contributed by atoms with van der Waals surface area (Å²) >= 11 is 0. The van der Waals surface area contributed by atoms with Crippen LogP contribution in [0.1, 0.15) is 13.8 Å². The first-order chi connectivity index (χ1) is 4.93. The van der Waals surface area contributed by atoms with Crippen molar-refractivity contribution in [3.8, 4) is 0 Å². The van der Waals surface area contributed by atoms with Crippen LogP contribution in [0.5, 0.6) is 0 Å². The first-order valence-corrected chi connectivity index (χ1v) is 3.85. The Kier molecular flexibility index (Phi) is 1.92. The lowest BCUT2D eigenvalue weighted by Crippen LogP contribution is -2.28. The van der Waals surface area contributed by atoms with Crippen molar-refractivity contribution in [2.24, 2.45) is 11.3 Å². The minimum absolute atomic E-state index is 0.0689. The third-order valence-corrected chi connectivity index (χ3v) is 2.41. The van der Waals surface area contributed by atoms with Crippen molar-refractivity contribution in [3.63, 3.8) is 0 Å². The molecule has 0 aromatic heterocycles. The van der Waals surface area contributed by atoms with Crippen LogP contribution in [-0.4, -0.2) is 36.1 Å². The van der Waals surface area contributed by atoms with Gasteiger partial charge in [0.05, 0.1) is 5.92 Å². The summed E-state index contributed by atoms with van der Waals surface area (Å²) in [5.74, 6) is -0.869. The van der Waals surface area contributed by atoms with E-state index in [1.165, 1.54) is 0 Å². The molecular weight excluding hydrogens is 142 g/mol. The summed E-state index contributed by atoms with van der Waals surface area (Å²) in [4.78, 5) is 12.8. The number of hydrogen-bond acceptors (Lipinski definition) is 2. The van der Waals surface area contributed by atoms with Crippen LogP contribution in [0.25, 0.3) is 0 Å². The Labute approximate surface area is 67.0 Å². The van der Waals surface area contributed by atoms with Gasteiger partial charge in [-0.25, -0.2) is 0 Å². The fourth-order valence-corrected chi connectivity index (χ4v) is 1.84. The molecule has 0 amide bonds. The van der Waals surface area contributed by atoms with E-state index in [0.717, 1.165) is 6.54 Å². The first kappa shape index (κ1) is 8.53. The van der Waals surface area contributed by atoms with Gasteiger partial charge >= 0.3 is 5.97 Å². The fraction of sp³-hybridized carbons (Fsp3) is 0.875. The van der Waals surface area contributed by atoms with Gasteiger partial charge in [0.25, 0.3) is 0 Å². The van der Waals surface area contributed by atoms with Crippen molar-refractivity contribution in [1.82, 2.24) is 4.90 Å². The molecule has 11 heavy (non-hydrogen) atoms. The van der Waals surface area contributed by atoms with Crippen LogP contribution in [0.2, 0.25) is 0 Å². The number of aliphatic carboxylic acids is 1. The van der Waals surface area contributed by atoms with E-state index in [1.807, 2.05) is 20.9 Å². The maximum absolute atomic E-state index is 10.7. The molecule has 0 aliphatic carbocycles. The zero-order valence-electron chi connectivity index (χ0n) is 7.29. The van der Waals surface area contributed by atoms with Crippen molar-refractivity contribution in [3.05, 3.63) is 0 Å². The van der Waals surface area contributed by atoms with E-state index in [-0.39, 0.29) is 11.3 Å². The number of carboxylic acids is 1. The van der Waals surface area contributed by atoms with Gasteiger partial charge in [-0.15, -0.1) is 0 Å². The normalized spacial score (nSPS) is 30.6. The monoisotopic (exact) mass is 157 g/mol. The van der Waals surface area contributed by atoms with Crippen molar-refractivity contribution < 1.29 is 9.90 Å². The van der Waals surface area contributed by atoms with Gasteiger partial charge in [-0.2, -0.15) is 0 Å². The Balaban J connectivity index is 2.74. The highest BCUT2D eigenvalue weighted by Gasteiger charge is 2.42. The molecule has 0 radical (unpaired) electrons. The Bertz CT molecular complexity index is 177. The highest BCUT2D eigenvalue weighted by molar-refractivity contribution is 5.71. The summed E-state index contributed by atoms with van der Waals surface area (Å²) in [7, 11) is 1.96.